The van der Waals surface area contributed by atoms with Gasteiger partial charge in [0, 0.05) is 19.6 Å². The molecule has 0 aromatic heterocycles. The van der Waals surface area contributed by atoms with E-state index in [2.05, 4.69) is 0 Å². The highest BCUT2D eigenvalue weighted by molar-refractivity contribution is 5.70. The lowest BCUT2D eigenvalue weighted by Gasteiger charge is -2.35. The Hall–Kier alpha value is -1.63. The highest BCUT2D eigenvalue weighted by atomic mass is 19.4. The van der Waals surface area contributed by atoms with Crippen LogP contribution in [0.1, 0.15) is 24.5 Å². The van der Waals surface area contributed by atoms with Crippen LogP contribution in [0.15, 0.2) is 18.2 Å². The number of carbonyl (C=O) groups is 1. The molecular formula is C15H17F4NO2. The highest BCUT2D eigenvalue weighted by Crippen LogP contribution is 2.34. The number of halogens is 4. The molecule has 1 heterocycles. The molecule has 1 N–H and O–H groups in total. The number of aliphatic carboxylic acids is 1. The van der Waals surface area contributed by atoms with Crippen LogP contribution >= 0.6 is 0 Å². The Morgan fingerprint density at radius 2 is 2.05 bits per heavy atom. The van der Waals surface area contributed by atoms with Gasteiger partial charge in [-0.1, -0.05) is 13.0 Å². The molecule has 0 spiro atoms. The summed E-state index contributed by atoms with van der Waals surface area (Å²) >= 11 is 0. The van der Waals surface area contributed by atoms with Crippen molar-refractivity contribution in [2.24, 2.45) is 11.8 Å². The normalized spacial score (nSPS) is 23.5. The number of carboxylic acid groups (broad SMARTS) is 1. The second kappa shape index (κ2) is 6.24. The molecule has 1 aromatic rings. The number of nitrogens with zero attached hydrogens (tertiary/aromatic N) is 1. The molecule has 0 bridgehead atoms. The van der Waals surface area contributed by atoms with Crippen LogP contribution < -0.4 is 0 Å². The lowest BCUT2D eigenvalue weighted by Crippen LogP contribution is -2.42. The van der Waals surface area contributed by atoms with Gasteiger partial charge < -0.3 is 5.11 Å². The number of alkyl halides is 3. The van der Waals surface area contributed by atoms with E-state index in [1.54, 1.807) is 4.90 Å². The summed E-state index contributed by atoms with van der Waals surface area (Å²) in [6.07, 6.45) is -4.12. The maximum atomic E-state index is 13.1. The summed E-state index contributed by atoms with van der Waals surface area (Å²) in [6, 6.07) is 2.59. The van der Waals surface area contributed by atoms with Gasteiger partial charge in [0.05, 0.1) is 11.5 Å². The molecule has 0 aliphatic carbocycles. The molecule has 2 rings (SSSR count). The molecule has 2 atom stereocenters. The molecule has 7 heteroatoms. The maximum Gasteiger partial charge on any atom is 0.416 e. The number of benzene rings is 1. The van der Waals surface area contributed by atoms with Crippen molar-refractivity contribution in [2.75, 3.05) is 13.1 Å². The van der Waals surface area contributed by atoms with Crippen LogP contribution in [-0.4, -0.2) is 29.1 Å². The first-order valence-corrected chi connectivity index (χ1v) is 6.97. The SMILES string of the molecule is CC1CC(C(=O)O)CN(Cc2ccc(F)cc2C(F)(F)F)C1. The Balaban J connectivity index is 2.21. The van der Waals surface area contributed by atoms with Crippen LogP contribution in [0, 0.1) is 17.7 Å². The van der Waals surface area contributed by atoms with E-state index in [9.17, 15) is 22.4 Å². The fourth-order valence-corrected chi connectivity index (χ4v) is 2.96. The topological polar surface area (TPSA) is 40.5 Å². The Morgan fingerprint density at radius 3 is 2.64 bits per heavy atom. The van der Waals surface area contributed by atoms with Crippen molar-refractivity contribution in [3.05, 3.63) is 35.1 Å². The van der Waals surface area contributed by atoms with Crippen molar-refractivity contribution < 1.29 is 27.5 Å². The number of piperidine rings is 1. The second-order valence-electron chi connectivity index (χ2n) is 5.87. The minimum Gasteiger partial charge on any atom is -0.481 e. The Labute approximate surface area is 125 Å². The van der Waals surface area contributed by atoms with Crippen molar-refractivity contribution in [1.29, 1.82) is 0 Å². The second-order valence-corrected chi connectivity index (χ2v) is 5.87. The van der Waals surface area contributed by atoms with E-state index in [-0.39, 0.29) is 24.6 Å². The van der Waals surface area contributed by atoms with Crippen LogP contribution in [0.3, 0.4) is 0 Å². The maximum absolute atomic E-state index is 13.1. The molecule has 122 valence electrons. The molecule has 3 nitrogen and oxygen atoms in total. The standard InChI is InChI=1S/C15H17F4NO2/c1-9-4-11(14(21)22)8-20(6-9)7-10-2-3-12(16)5-13(10)15(17,18)19/h2-3,5,9,11H,4,6-8H2,1H3,(H,21,22). The third-order valence-corrected chi connectivity index (χ3v) is 3.86. The van der Waals surface area contributed by atoms with Gasteiger partial charge in [0.2, 0.25) is 0 Å². The zero-order valence-electron chi connectivity index (χ0n) is 12.0. The van der Waals surface area contributed by atoms with Crippen LogP contribution in [0.2, 0.25) is 0 Å². The van der Waals surface area contributed by atoms with Gasteiger partial charge in [-0.05, 0) is 30.0 Å². The van der Waals surface area contributed by atoms with E-state index in [4.69, 9.17) is 5.11 Å². The minimum absolute atomic E-state index is 0.0351. The third kappa shape index (κ3) is 3.97. The van der Waals surface area contributed by atoms with E-state index in [0.717, 1.165) is 12.1 Å². The predicted octanol–water partition coefficient (Wildman–Crippen LogP) is 3.39. The highest BCUT2D eigenvalue weighted by Gasteiger charge is 2.35. The van der Waals surface area contributed by atoms with E-state index in [1.165, 1.54) is 0 Å². The zero-order valence-corrected chi connectivity index (χ0v) is 12.0. The van der Waals surface area contributed by atoms with Crippen molar-refractivity contribution >= 4 is 5.97 Å². The molecule has 1 saturated heterocycles. The lowest BCUT2D eigenvalue weighted by molar-refractivity contribution is -0.145. The Bertz CT molecular complexity index is 559. The molecular weight excluding hydrogens is 302 g/mol. The first kappa shape index (κ1) is 16.7. The van der Waals surface area contributed by atoms with Crippen LogP contribution in [-0.2, 0) is 17.5 Å². The van der Waals surface area contributed by atoms with E-state index in [1.807, 2.05) is 6.92 Å². The number of rotatable bonds is 3. The van der Waals surface area contributed by atoms with Crippen molar-refractivity contribution in [1.82, 2.24) is 4.90 Å². The zero-order chi connectivity index (χ0) is 16.5. The van der Waals surface area contributed by atoms with Gasteiger partial charge in [0.1, 0.15) is 5.82 Å². The molecule has 1 aromatic carbocycles. The van der Waals surface area contributed by atoms with Crippen LogP contribution in [0.25, 0.3) is 0 Å². The largest absolute Gasteiger partial charge is 0.481 e. The quantitative estimate of drug-likeness (QED) is 0.868. The fourth-order valence-electron chi connectivity index (χ4n) is 2.96. The molecule has 0 saturated carbocycles. The first-order chi connectivity index (χ1) is 10.2. The number of carboxylic acids is 1. The monoisotopic (exact) mass is 319 g/mol. The smallest absolute Gasteiger partial charge is 0.416 e. The fraction of sp³-hybridized carbons (Fsp3) is 0.533. The molecule has 2 unspecified atom stereocenters. The van der Waals surface area contributed by atoms with Crippen LogP contribution in [0.4, 0.5) is 17.6 Å². The van der Waals surface area contributed by atoms with Crippen molar-refractivity contribution in [3.63, 3.8) is 0 Å². The molecule has 0 amide bonds. The molecule has 0 radical (unpaired) electrons. The van der Waals surface area contributed by atoms with Crippen molar-refractivity contribution in [2.45, 2.75) is 26.1 Å². The number of hydrogen-bond acceptors (Lipinski definition) is 2. The van der Waals surface area contributed by atoms with Gasteiger partial charge >= 0.3 is 12.1 Å². The van der Waals surface area contributed by atoms with Gasteiger partial charge in [-0.25, -0.2) is 4.39 Å². The van der Waals surface area contributed by atoms with Gasteiger partial charge in [-0.2, -0.15) is 13.2 Å². The van der Waals surface area contributed by atoms with E-state index < -0.39 is 29.4 Å². The average Bonchev–Trinajstić information content (AvgIpc) is 2.39. The number of likely N-dealkylation sites (tertiary alicyclic amines) is 1. The average molecular weight is 319 g/mol. The Morgan fingerprint density at radius 1 is 1.36 bits per heavy atom. The molecule has 1 aliphatic rings. The van der Waals surface area contributed by atoms with Gasteiger partial charge in [-0.3, -0.25) is 9.69 Å². The summed E-state index contributed by atoms with van der Waals surface area (Å²) in [5.41, 5.74) is -1.04. The lowest BCUT2D eigenvalue weighted by atomic mass is 9.90. The molecule has 22 heavy (non-hydrogen) atoms. The van der Waals surface area contributed by atoms with Crippen molar-refractivity contribution in [3.8, 4) is 0 Å². The summed E-state index contributed by atoms with van der Waals surface area (Å²) in [4.78, 5) is 12.8. The van der Waals surface area contributed by atoms with E-state index >= 15 is 0 Å². The molecule has 1 fully saturated rings. The number of hydrogen-bond donors (Lipinski definition) is 1. The van der Waals surface area contributed by atoms with Gasteiger partial charge in [0.15, 0.2) is 0 Å². The summed E-state index contributed by atoms with van der Waals surface area (Å²) in [6.45, 7) is 2.56. The molecule has 1 aliphatic heterocycles. The van der Waals surface area contributed by atoms with E-state index in [0.29, 0.717) is 19.0 Å². The third-order valence-electron chi connectivity index (χ3n) is 3.86. The van der Waals surface area contributed by atoms with Gasteiger partial charge in [-0.15, -0.1) is 0 Å². The Kier molecular flexibility index (Phi) is 4.75. The minimum atomic E-state index is -4.63. The summed E-state index contributed by atoms with van der Waals surface area (Å²) in [5.74, 6) is -2.37. The summed E-state index contributed by atoms with van der Waals surface area (Å²) in [5, 5.41) is 9.10. The van der Waals surface area contributed by atoms with Gasteiger partial charge in [0.25, 0.3) is 0 Å². The summed E-state index contributed by atoms with van der Waals surface area (Å²) < 4.78 is 52.0. The van der Waals surface area contributed by atoms with Crippen LogP contribution in [0.5, 0.6) is 0 Å². The predicted molar refractivity (Wildman–Crippen MR) is 71.6 cm³/mol. The first-order valence-electron chi connectivity index (χ1n) is 6.97. The summed E-state index contributed by atoms with van der Waals surface area (Å²) in [7, 11) is 0.